The lowest BCUT2D eigenvalue weighted by atomic mass is 9.76. The van der Waals surface area contributed by atoms with Gasteiger partial charge in [-0.3, -0.25) is 9.59 Å². The summed E-state index contributed by atoms with van der Waals surface area (Å²) < 4.78 is 11.7. The summed E-state index contributed by atoms with van der Waals surface area (Å²) in [6.45, 7) is 9.68. The molecule has 1 saturated heterocycles. The molecule has 3 heterocycles. The fourth-order valence-corrected chi connectivity index (χ4v) is 5.82. The second kappa shape index (κ2) is 9.19. The molecule has 7 nitrogen and oxygen atoms in total. The predicted molar refractivity (Wildman–Crippen MR) is 139 cm³/mol. The standard InChI is InChI=1S/C29H35N3O4/c1-6-36-26-19(11-9-13-23(26)35-5)21-16-32-24(33)17-31(15-14-18(2)3)28(34)29(32,4)27-25(21)20-10-7-8-12-22(20)30-27/h7-13,18,21,30H,6,14-17H2,1-5H3. The molecular formula is C29H35N3O4. The van der Waals surface area contributed by atoms with Crippen LogP contribution >= 0.6 is 0 Å². The molecule has 2 atom stereocenters. The largest absolute Gasteiger partial charge is 0.493 e. The van der Waals surface area contributed by atoms with E-state index in [1.54, 1.807) is 16.9 Å². The number of rotatable bonds is 7. The number of nitrogens with zero attached hydrogens (tertiary/aromatic N) is 2. The predicted octanol–water partition coefficient (Wildman–Crippen LogP) is 4.65. The highest BCUT2D eigenvalue weighted by atomic mass is 16.5. The number of piperazine rings is 1. The Morgan fingerprint density at radius 2 is 1.92 bits per heavy atom. The molecule has 5 rings (SSSR count). The smallest absolute Gasteiger partial charge is 0.254 e. The minimum atomic E-state index is -1.10. The van der Waals surface area contributed by atoms with Gasteiger partial charge in [-0.25, -0.2) is 0 Å². The summed E-state index contributed by atoms with van der Waals surface area (Å²) in [5, 5.41) is 1.06. The molecular weight excluding hydrogens is 454 g/mol. The quantitative estimate of drug-likeness (QED) is 0.524. The van der Waals surface area contributed by atoms with Crippen molar-refractivity contribution in [2.45, 2.75) is 45.6 Å². The van der Waals surface area contributed by atoms with Crippen molar-refractivity contribution in [1.29, 1.82) is 0 Å². The highest BCUT2D eigenvalue weighted by Gasteiger charge is 2.56. The van der Waals surface area contributed by atoms with E-state index in [2.05, 4.69) is 24.9 Å². The molecule has 2 amide bonds. The van der Waals surface area contributed by atoms with E-state index in [-0.39, 0.29) is 24.3 Å². The summed E-state index contributed by atoms with van der Waals surface area (Å²) in [6, 6.07) is 14.0. The van der Waals surface area contributed by atoms with E-state index in [0.717, 1.165) is 34.1 Å². The van der Waals surface area contributed by atoms with Gasteiger partial charge in [0.2, 0.25) is 5.91 Å². The van der Waals surface area contributed by atoms with Crippen molar-refractivity contribution in [3.8, 4) is 11.5 Å². The van der Waals surface area contributed by atoms with Crippen LogP contribution in [0.2, 0.25) is 0 Å². The molecule has 2 aliphatic rings. The van der Waals surface area contributed by atoms with Crippen molar-refractivity contribution in [3.63, 3.8) is 0 Å². The van der Waals surface area contributed by atoms with Crippen LogP contribution in [0.15, 0.2) is 42.5 Å². The molecule has 3 aromatic rings. The Bertz CT molecular complexity index is 1310. The molecule has 7 heteroatoms. The number of amides is 2. The summed E-state index contributed by atoms with van der Waals surface area (Å²) in [7, 11) is 1.63. The molecule has 190 valence electrons. The highest BCUT2D eigenvalue weighted by Crippen LogP contribution is 2.50. The van der Waals surface area contributed by atoms with Gasteiger partial charge in [-0.15, -0.1) is 0 Å². The molecule has 0 aliphatic carbocycles. The number of ether oxygens (including phenoxy) is 2. The number of carbonyl (C=O) groups excluding carboxylic acids is 2. The average molecular weight is 490 g/mol. The van der Waals surface area contributed by atoms with Crippen molar-refractivity contribution in [1.82, 2.24) is 14.8 Å². The Kier molecular flexibility index (Phi) is 6.18. The van der Waals surface area contributed by atoms with Crippen molar-refractivity contribution in [2.24, 2.45) is 5.92 Å². The Balaban J connectivity index is 1.72. The number of hydrogen-bond donors (Lipinski definition) is 1. The van der Waals surface area contributed by atoms with Crippen LogP contribution in [0.25, 0.3) is 10.9 Å². The molecule has 1 N–H and O–H groups in total. The minimum Gasteiger partial charge on any atom is -0.493 e. The van der Waals surface area contributed by atoms with E-state index in [1.807, 2.05) is 50.2 Å². The van der Waals surface area contributed by atoms with Gasteiger partial charge in [0.25, 0.3) is 5.91 Å². The SMILES string of the molecule is CCOc1c(OC)cccc1C1CN2C(=O)CN(CCC(C)C)C(=O)C2(C)c2[nH]c3ccccc3c21. The number of aromatic amines is 1. The topological polar surface area (TPSA) is 74.9 Å². The Morgan fingerprint density at radius 1 is 1.14 bits per heavy atom. The van der Waals surface area contributed by atoms with Gasteiger partial charge in [0.15, 0.2) is 17.0 Å². The fourth-order valence-electron chi connectivity index (χ4n) is 5.82. The second-order valence-corrected chi connectivity index (χ2v) is 10.3. The molecule has 36 heavy (non-hydrogen) atoms. The van der Waals surface area contributed by atoms with Gasteiger partial charge in [-0.05, 0) is 43.9 Å². The number of carbonyl (C=O) groups is 2. The summed E-state index contributed by atoms with van der Waals surface area (Å²) in [5.41, 5.74) is 2.65. The minimum absolute atomic E-state index is 0.0234. The number of H-pyrrole nitrogens is 1. The number of nitrogens with one attached hydrogen (secondary N) is 1. The van der Waals surface area contributed by atoms with Crippen molar-refractivity contribution in [3.05, 3.63) is 59.3 Å². The highest BCUT2D eigenvalue weighted by molar-refractivity contribution is 6.01. The van der Waals surface area contributed by atoms with Crippen LogP contribution in [0.1, 0.15) is 56.9 Å². The van der Waals surface area contributed by atoms with Crippen molar-refractivity contribution >= 4 is 22.7 Å². The summed E-state index contributed by atoms with van der Waals surface area (Å²) in [5.74, 6) is 1.55. The molecule has 2 unspecified atom stereocenters. The molecule has 0 spiro atoms. The lowest BCUT2D eigenvalue weighted by molar-refractivity contribution is -0.166. The lowest BCUT2D eigenvalue weighted by Gasteiger charge is -2.51. The van der Waals surface area contributed by atoms with E-state index >= 15 is 0 Å². The number of para-hydroxylation sites is 2. The van der Waals surface area contributed by atoms with Gasteiger partial charge < -0.3 is 24.3 Å². The van der Waals surface area contributed by atoms with Crippen molar-refractivity contribution in [2.75, 3.05) is 33.4 Å². The van der Waals surface area contributed by atoms with Crippen LogP contribution in [0.5, 0.6) is 11.5 Å². The van der Waals surface area contributed by atoms with E-state index in [1.165, 1.54) is 0 Å². The molecule has 0 bridgehead atoms. The second-order valence-electron chi connectivity index (χ2n) is 10.3. The zero-order valence-corrected chi connectivity index (χ0v) is 21.8. The summed E-state index contributed by atoms with van der Waals surface area (Å²) in [4.78, 5) is 34.8. The van der Waals surface area contributed by atoms with E-state index in [9.17, 15) is 9.59 Å². The number of fused-ring (bicyclic) bond motifs is 5. The molecule has 2 aliphatic heterocycles. The maximum atomic E-state index is 14.1. The number of benzene rings is 2. The van der Waals surface area contributed by atoms with Crippen LogP contribution in [-0.2, 0) is 15.1 Å². The maximum absolute atomic E-state index is 14.1. The molecule has 1 fully saturated rings. The fraction of sp³-hybridized carbons (Fsp3) is 0.448. The Morgan fingerprint density at radius 3 is 2.64 bits per heavy atom. The molecule has 0 radical (unpaired) electrons. The van der Waals surface area contributed by atoms with Gasteiger partial charge in [-0.1, -0.05) is 44.2 Å². The summed E-state index contributed by atoms with van der Waals surface area (Å²) in [6.07, 6.45) is 0.860. The van der Waals surface area contributed by atoms with Crippen LogP contribution in [0.4, 0.5) is 0 Å². The lowest BCUT2D eigenvalue weighted by Crippen LogP contribution is -2.67. The molecule has 1 aromatic heterocycles. The van der Waals surface area contributed by atoms with Crippen LogP contribution < -0.4 is 9.47 Å². The number of aromatic nitrogens is 1. The first kappa shape index (κ1) is 24.2. The van der Waals surface area contributed by atoms with Gasteiger partial charge in [-0.2, -0.15) is 0 Å². The van der Waals surface area contributed by atoms with Gasteiger partial charge in [0.1, 0.15) is 0 Å². The number of hydrogen-bond acceptors (Lipinski definition) is 4. The third-order valence-corrected chi connectivity index (χ3v) is 7.69. The van der Waals surface area contributed by atoms with Gasteiger partial charge in [0.05, 0.1) is 26.0 Å². The Labute approximate surface area is 212 Å². The van der Waals surface area contributed by atoms with E-state index in [4.69, 9.17) is 9.47 Å². The van der Waals surface area contributed by atoms with Crippen LogP contribution in [0.3, 0.4) is 0 Å². The molecule has 2 aromatic carbocycles. The van der Waals surface area contributed by atoms with Crippen LogP contribution in [0, 0.1) is 5.92 Å². The first-order chi connectivity index (χ1) is 17.3. The average Bonchev–Trinajstić information content (AvgIpc) is 3.27. The normalized spacial score (nSPS) is 21.7. The zero-order valence-electron chi connectivity index (χ0n) is 21.8. The zero-order chi connectivity index (χ0) is 25.6. The van der Waals surface area contributed by atoms with Crippen LogP contribution in [-0.4, -0.2) is 59.9 Å². The molecule has 0 saturated carbocycles. The van der Waals surface area contributed by atoms with Gasteiger partial charge in [0, 0.05) is 35.5 Å². The van der Waals surface area contributed by atoms with Crippen molar-refractivity contribution < 1.29 is 19.1 Å². The Hall–Kier alpha value is -3.48. The first-order valence-corrected chi connectivity index (χ1v) is 12.8. The monoisotopic (exact) mass is 489 g/mol. The van der Waals surface area contributed by atoms with Gasteiger partial charge >= 0.3 is 0 Å². The van der Waals surface area contributed by atoms with E-state index in [0.29, 0.717) is 37.1 Å². The third kappa shape index (κ3) is 3.64. The maximum Gasteiger partial charge on any atom is 0.254 e. The first-order valence-electron chi connectivity index (χ1n) is 12.8. The number of methoxy groups -OCH3 is 1. The van der Waals surface area contributed by atoms with E-state index < -0.39 is 5.54 Å². The summed E-state index contributed by atoms with van der Waals surface area (Å²) >= 11 is 0. The third-order valence-electron chi connectivity index (χ3n) is 7.69.